The van der Waals surface area contributed by atoms with Gasteiger partial charge in [0.05, 0.1) is 6.42 Å². The number of terminal acetylenes is 1. The quantitative estimate of drug-likeness (QED) is 0.614. The van der Waals surface area contributed by atoms with Gasteiger partial charge >= 0.3 is 0 Å². The minimum absolute atomic E-state index is 0.111. The fourth-order valence-corrected chi connectivity index (χ4v) is 3.09. The lowest BCUT2D eigenvalue weighted by Crippen LogP contribution is -2.59. The summed E-state index contributed by atoms with van der Waals surface area (Å²) in [6.45, 7) is 3.68. The zero-order valence-electron chi connectivity index (χ0n) is 9.32. The standard InChI is InChI=1S/C12H16N2O2/c1-2-7-15-11-8-12(16-13-11)9-14-5-3-10(12)4-6-14/h1,10H,3-9H2. The highest BCUT2D eigenvalue weighted by Crippen LogP contribution is 2.43. The first kappa shape index (κ1) is 9.98. The predicted molar refractivity (Wildman–Crippen MR) is 59.8 cm³/mol. The van der Waals surface area contributed by atoms with E-state index >= 15 is 0 Å². The average molecular weight is 220 g/mol. The molecule has 0 aromatic rings. The molecule has 0 aliphatic carbocycles. The third-order valence-electron chi connectivity index (χ3n) is 3.92. The lowest BCUT2D eigenvalue weighted by atomic mass is 9.74. The zero-order valence-corrected chi connectivity index (χ0v) is 9.32. The number of oxime groups is 1. The van der Waals surface area contributed by atoms with Gasteiger partial charge in [0.2, 0.25) is 5.90 Å². The Bertz CT molecular complexity index is 353. The maximum atomic E-state index is 5.68. The lowest BCUT2D eigenvalue weighted by molar-refractivity contribution is -0.136. The second-order valence-corrected chi connectivity index (χ2v) is 4.86. The summed E-state index contributed by atoms with van der Waals surface area (Å²) in [6, 6.07) is 0. The Morgan fingerprint density at radius 2 is 2.38 bits per heavy atom. The molecule has 1 atom stereocenters. The summed E-state index contributed by atoms with van der Waals surface area (Å²) in [5, 5.41) is 4.04. The Balaban J connectivity index is 1.68. The third-order valence-corrected chi connectivity index (χ3v) is 3.92. The molecule has 1 spiro atoms. The first-order valence-corrected chi connectivity index (χ1v) is 5.86. The molecule has 0 N–H and O–H groups in total. The Morgan fingerprint density at radius 1 is 1.56 bits per heavy atom. The van der Waals surface area contributed by atoms with E-state index in [0.29, 0.717) is 11.8 Å². The lowest BCUT2D eigenvalue weighted by Gasteiger charge is -2.49. The van der Waals surface area contributed by atoms with E-state index in [-0.39, 0.29) is 12.2 Å². The summed E-state index contributed by atoms with van der Waals surface area (Å²) < 4.78 is 5.36. The first-order chi connectivity index (χ1) is 7.82. The van der Waals surface area contributed by atoms with E-state index < -0.39 is 0 Å². The minimum atomic E-state index is -0.111. The Morgan fingerprint density at radius 3 is 3.00 bits per heavy atom. The Labute approximate surface area is 95.6 Å². The van der Waals surface area contributed by atoms with Crippen LogP contribution in [0.3, 0.4) is 0 Å². The van der Waals surface area contributed by atoms with Crippen LogP contribution in [0.15, 0.2) is 5.16 Å². The number of rotatable bonds is 1. The highest BCUT2D eigenvalue weighted by molar-refractivity contribution is 5.78. The van der Waals surface area contributed by atoms with Crippen LogP contribution < -0.4 is 0 Å². The van der Waals surface area contributed by atoms with Gasteiger partial charge in [-0.25, -0.2) is 0 Å². The number of hydrogen-bond acceptors (Lipinski definition) is 4. The van der Waals surface area contributed by atoms with Crippen molar-refractivity contribution in [3.05, 3.63) is 0 Å². The molecule has 0 amide bonds. The van der Waals surface area contributed by atoms with Gasteiger partial charge in [0.1, 0.15) is 6.61 Å². The van der Waals surface area contributed by atoms with Gasteiger partial charge in [-0.15, -0.1) is 6.42 Å². The van der Waals surface area contributed by atoms with Gasteiger partial charge in [0, 0.05) is 12.5 Å². The summed E-state index contributed by atoms with van der Waals surface area (Å²) in [5.74, 6) is 3.76. The second kappa shape index (κ2) is 3.67. The van der Waals surface area contributed by atoms with Gasteiger partial charge in [-0.3, -0.25) is 4.90 Å². The van der Waals surface area contributed by atoms with Gasteiger partial charge in [-0.1, -0.05) is 11.1 Å². The summed E-state index contributed by atoms with van der Waals surface area (Å²) >= 11 is 0. The van der Waals surface area contributed by atoms with Gasteiger partial charge in [0.15, 0.2) is 5.60 Å². The van der Waals surface area contributed by atoms with Crippen molar-refractivity contribution in [3.8, 4) is 12.3 Å². The van der Waals surface area contributed by atoms with Gasteiger partial charge in [0.25, 0.3) is 0 Å². The van der Waals surface area contributed by atoms with Crippen LogP contribution in [0.2, 0.25) is 0 Å². The molecule has 4 nitrogen and oxygen atoms in total. The largest absolute Gasteiger partial charge is 0.465 e. The van der Waals surface area contributed by atoms with E-state index in [0.717, 1.165) is 13.0 Å². The van der Waals surface area contributed by atoms with Crippen molar-refractivity contribution in [2.75, 3.05) is 26.2 Å². The fraction of sp³-hybridized carbons (Fsp3) is 0.750. The number of hydrogen-bond donors (Lipinski definition) is 0. The molecule has 16 heavy (non-hydrogen) atoms. The maximum Gasteiger partial charge on any atom is 0.230 e. The van der Waals surface area contributed by atoms with Crippen LogP contribution in [0.25, 0.3) is 0 Å². The van der Waals surface area contributed by atoms with E-state index in [1.165, 1.54) is 25.9 Å². The summed E-state index contributed by atoms with van der Waals surface area (Å²) in [6.07, 6.45) is 8.39. The Hall–Kier alpha value is -1.21. The molecule has 4 heteroatoms. The zero-order chi connectivity index (χ0) is 11.0. The molecule has 4 aliphatic heterocycles. The summed E-state index contributed by atoms with van der Waals surface area (Å²) in [5.41, 5.74) is -0.111. The molecular formula is C12H16N2O2. The molecule has 3 saturated heterocycles. The minimum Gasteiger partial charge on any atom is -0.465 e. The fourth-order valence-electron chi connectivity index (χ4n) is 3.09. The van der Waals surface area contributed by atoms with Crippen LogP contribution in [0, 0.1) is 18.3 Å². The highest BCUT2D eigenvalue weighted by Gasteiger charge is 2.52. The number of piperidine rings is 3. The van der Waals surface area contributed by atoms with E-state index in [1.807, 2.05) is 0 Å². The van der Waals surface area contributed by atoms with Crippen LogP contribution in [0.4, 0.5) is 0 Å². The van der Waals surface area contributed by atoms with Crippen LogP contribution in [-0.2, 0) is 9.57 Å². The predicted octanol–water partition coefficient (Wildman–Crippen LogP) is 0.834. The van der Waals surface area contributed by atoms with Crippen molar-refractivity contribution in [2.45, 2.75) is 24.9 Å². The van der Waals surface area contributed by atoms with Gasteiger partial charge in [-0.05, 0) is 25.9 Å². The molecule has 3 fully saturated rings. The van der Waals surface area contributed by atoms with Crippen LogP contribution in [0.1, 0.15) is 19.3 Å². The summed E-state index contributed by atoms with van der Waals surface area (Å²) in [7, 11) is 0. The third kappa shape index (κ3) is 1.47. The molecule has 4 rings (SSSR count). The smallest absolute Gasteiger partial charge is 0.230 e. The van der Waals surface area contributed by atoms with Crippen LogP contribution >= 0.6 is 0 Å². The maximum absolute atomic E-state index is 5.68. The number of nitrogens with zero attached hydrogens (tertiary/aromatic N) is 2. The molecule has 0 radical (unpaired) electrons. The number of ether oxygens (including phenoxy) is 1. The molecule has 1 unspecified atom stereocenters. The van der Waals surface area contributed by atoms with Crippen molar-refractivity contribution in [3.63, 3.8) is 0 Å². The van der Waals surface area contributed by atoms with Crippen LogP contribution in [0.5, 0.6) is 0 Å². The molecule has 4 heterocycles. The van der Waals surface area contributed by atoms with Crippen molar-refractivity contribution in [1.82, 2.24) is 4.90 Å². The molecule has 86 valence electrons. The molecule has 0 aromatic heterocycles. The molecule has 2 bridgehead atoms. The van der Waals surface area contributed by atoms with Crippen molar-refractivity contribution in [1.29, 1.82) is 0 Å². The van der Waals surface area contributed by atoms with E-state index in [4.69, 9.17) is 16.0 Å². The van der Waals surface area contributed by atoms with Crippen molar-refractivity contribution in [2.24, 2.45) is 11.1 Å². The van der Waals surface area contributed by atoms with Crippen molar-refractivity contribution >= 4 is 5.90 Å². The van der Waals surface area contributed by atoms with Crippen LogP contribution in [-0.4, -0.2) is 42.6 Å². The molecule has 4 aliphatic rings. The highest BCUT2D eigenvalue weighted by atomic mass is 16.7. The second-order valence-electron chi connectivity index (χ2n) is 4.86. The average Bonchev–Trinajstić information content (AvgIpc) is 2.71. The van der Waals surface area contributed by atoms with Crippen molar-refractivity contribution < 1.29 is 9.57 Å². The van der Waals surface area contributed by atoms with E-state index in [2.05, 4.69) is 16.0 Å². The van der Waals surface area contributed by atoms with E-state index in [9.17, 15) is 0 Å². The summed E-state index contributed by atoms with van der Waals surface area (Å²) in [4.78, 5) is 8.14. The molecule has 0 aromatic carbocycles. The van der Waals surface area contributed by atoms with E-state index in [1.54, 1.807) is 0 Å². The topological polar surface area (TPSA) is 34.1 Å². The van der Waals surface area contributed by atoms with Gasteiger partial charge in [-0.2, -0.15) is 0 Å². The first-order valence-electron chi connectivity index (χ1n) is 5.86. The molecular weight excluding hydrogens is 204 g/mol. The SMILES string of the molecule is C#CCOC1=NOC2(C1)CN1CCC2CC1. The van der Waals surface area contributed by atoms with Gasteiger partial charge < -0.3 is 9.57 Å². The monoisotopic (exact) mass is 220 g/mol. The Kier molecular flexibility index (Phi) is 2.29. The normalized spacial score (nSPS) is 40.3. The molecule has 0 saturated carbocycles. The number of fused-ring (bicyclic) bond motifs is 2.